The molecular formula is C13H15N3O3. The van der Waals surface area contributed by atoms with Crippen molar-refractivity contribution in [2.75, 3.05) is 6.61 Å². The van der Waals surface area contributed by atoms with Gasteiger partial charge in [0.1, 0.15) is 5.75 Å². The van der Waals surface area contributed by atoms with Crippen molar-refractivity contribution in [3.63, 3.8) is 0 Å². The number of rotatable bonds is 5. The van der Waals surface area contributed by atoms with Crippen LogP contribution in [0.15, 0.2) is 24.3 Å². The monoisotopic (exact) mass is 261 g/mol. The third-order valence-corrected chi connectivity index (χ3v) is 2.65. The van der Waals surface area contributed by atoms with Crippen molar-refractivity contribution in [2.24, 2.45) is 0 Å². The van der Waals surface area contributed by atoms with Gasteiger partial charge in [0.2, 0.25) is 0 Å². The minimum atomic E-state index is -1.02. The standard InChI is InChI=1S/C13H15N3O3/c1-3-19-11-6-4-5-10(7-11)8-16-12(13(17)18)9(2)14-15-16/h4-7H,3,8H2,1-2H3,(H,17,18). The number of carboxylic acids is 1. The maximum absolute atomic E-state index is 11.1. The Morgan fingerprint density at radius 2 is 2.26 bits per heavy atom. The van der Waals surface area contributed by atoms with Crippen LogP contribution in [0.4, 0.5) is 0 Å². The van der Waals surface area contributed by atoms with Crippen LogP contribution in [-0.4, -0.2) is 32.7 Å². The van der Waals surface area contributed by atoms with E-state index in [2.05, 4.69) is 10.3 Å². The molecule has 0 radical (unpaired) electrons. The van der Waals surface area contributed by atoms with E-state index in [1.807, 2.05) is 31.2 Å². The Bertz CT molecular complexity index is 593. The quantitative estimate of drug-likeness (QED) is 0.886. The van der Waals surface area contributed by atoms with E-state index < -0.39 is 5.97 Å². The largest absolute Gasteiger partial charge is 0.494 e. The number of hydrogen-bond acceptors (Lipinski definition) is 4. The van der Waals surface area contributed by atoms with Crippen molar-refractivity contribution in [1.29, 1.82) is 0 Å². The molecule has 19 heavy (non-hydrogen) atoms. The van der Waals surface area contributed by atoms with Gasteiger partial charge >= 0.3 is 5.97 Å². The molecule has 1 N–H and O–H groups in total. The van der Waals surface area contributed by atoms with Crippen LogP contribution in [0.25, 0.3) is 0 Å². The first-order chi connectivity index (χ1) is 9.11. The summed E-state index contributed by atoms with van der Waals surface area (Å²) in [5.41, 5.74) is 1.44. The van der Waals surface area contributed by atoms with Gasteiger partial charge in [0, 0.05) is 0 Å². The van der Waals surface area contributed by atoms with Crippen molar-refractivity contribution in [3.8, 4) is 5.75 Å². The number of aromatic carboxylic acids is 1. The topological polar surface area (TPSA) is 77.2 Å². The lowest BCUT2D eigenvalue weighted by Crippen LogP contribution is -2.12. The van der Waals surface area contributed by atoms with Gasteiger partial charge in [0.25, 0.3) is 0 Å². The van der Waals surface area contributed by atoms with Crippen molar-refractivity contribution in [1.82, 2.24) is 15.0 Å². The summed E-state index contributed by atoms with van der Waals surface area (Å²) >= 11 is 0. The highest BCUT2D eigenvalue weighted by Gasteiger charge is 2.16. The third kappa shape index (κ3) is 2.90. The normalized spacial score (nSPS) is 10.4. The SMILES string of the molecule is CCOc1cccc(Cn2nnc(C)c2C(=O)O)c1. The molecule has 0 saturated heterocycles. The smallest absolute Gasteiger partial charge is 0.356 e. The molecule has 6 nitrogen and oxygen atoms in total. The zero-order valence-corrected chi connectivity index (χ0v) is 10.8. The number of ether oxygens (including phenoxy) is 1. The van der Waals surface area contributed by atoms with Gasteiger partial charge in [-0.2, -0.15) is 0 Å². The lowest BCUT2D eigenvalue weighted by Gasteiger charge is -2.07. The lowest BCUT2D eigenvalue weighted by molar-refractivity contribution is 0.0683. The van der Waals surface area contributed by atoms with Crippen molar-refractivity contribution < 1.29 is 14.6 Å². The minimum Gasteiger partial charge on any atom is -0.494 e. The van der Waals surface area contributed by atoms with Gasteiger partial charge in [0.05, 0.1) is 18.8 Å². The number of aryl methyl sites for hydroxylation is 1. The fourth-order valence-electron chi connectivity index (χ4n) is 1.85. The minimum absolute atomic E-state index is 0.113. The lowest BCUT2D eigenvalue weighted by atomic mass is 10.2. The molecule has 6 heteroatoms. The Labute approximate surface area is 110 Å². The van der Waals surface area contributed by atoms with E-state index in [4.69, 9.17) is 9.84 Å². The van der Waals surface area contributed by atoms with E-state index in [-0.39, 0.29) is 5.69 Å². The Kier molecular flexibility index (Phi) is 3.79. The van der Waals surface area contributed by atoms with Gasteiger partial charge in [-0.25, -0.2) is 9.48 Å². The second-order valence-corrected chi connectivity index (χ2v) is 4.07. The molecule has 1 aromatic heterocycles. The van der Waals surface area contributed by atoms with Gasteiger partial charge in [-0.3, -0.25) is 0 Å². The molecule has 0 aliphatic rings. The van der Waals surface area contributed by atoms with Gasteiger partial charge in [0.15, 0.2) is 5.69 Å². The number of benzene rings is 1. The summed E-state index contributed by atoms with van der Waals surface area (Å²) in [7, 11) is 0. The zero-order chi connectivity index (χ0) is 13.8. The van der Waals surface area contributed by atoms with Crippen LogP contribution < -0.4 is 4.74 Å². The molecule has 0 amide bonds. The number of nitrogens with zero attached hydrogens (tertiary/aromatic N) is 3. The number of aromatic nitrogens is 3. The molecule has 0 bridgehead atoms. The molecule has 0 fully saturated rings. The summed E-state index contributed by atoms with van der Waals surface area (Å²) in [5, 5.41) is 16.8. The van der Waals surface area contributed by atoms with Gasteiger partial charge in [-0.1, -0.05) is 17.3 Å². The predicted molar refractivity (Wildman–Crippen MR) is 68.4 cm³/mol. The summed E-state index contributed by atoms with van der Waals surface area (Å²) in [4.78, 5) is 11.1. The fourth-order valence-corrected chi connectivity index (χ4v) is 1.85. The number of carbonyl (C=O) groups is 1. The van der Waals surface area contributed by atoms with E-state index in [1.54, 1.807) is 6.92 Å². The fraction of sp³-hybridized carbons (Fsp3) is 0.308. The van der Waals surface area contributed by atoms with Crippen molar-refractivity contribution in [2.45, 2.75) is 20.4 Å². The van der Waals surface area contributed by atoms with Crippen LogP contribution in [0, 0.1) is 6.92 Å². The van der Waals surface area contributed by atoms with Gasteiger partial charge in [-0.05, 0) is 31.5 Å². The summed E-state index contributed by atoms with van der Waals surface area (Å²) in [6, 6.07) is 7.49. The Hall–Kier alpha value is -2.37. The Morgan fingerprint density at radius 1 is 1.47 bits per heavy atom. The van der Waals surface area contributed by atoms with Crippen molar-refractivity contribution >= 4 is 5.97 Å². The summed E-state index contributed by atoms with van der Waals surface area (Å²) < 4.78 is 6.78. The first-order valence-corrected chi connectivity index (χ1v) is 5.97. The zero-order valence-electron chi connectivity index (χ0n) is 10.8. The van der Waals surface area contributed by atoms with Crippen LogP contribution in [0.1, 0.15) is 28.7 Å². The second-order valence-electron chi connectivity index (χ2n) is 4.07. The second kappa shape index (κ2) is 5.51. The van der Waals surface area contributed by atoms with Crippen LogP contribution in [0.2, 0.25) is 0 Å². The molecule has 0 atom stereocenters. The van der Waals surface area contributed by atoms with E-state index in [1.165, 1.54) is 4.68 Å². The molecule has 0 saturated carbocycles. The maximum atomic E-state index is 11.1. The first kappa shape index (κ1) is 13.1. The van der Waals surface area contributed by atoms with Crippen LogP contribution in [0.5, 0.6) is 5.75 Å². The molecular weight excluding hydrogens is 246 g/mol. The van der Waals surface area contributed by atoms with E-state index >= 15 is 0 Å². The number of hydrogen-bond donors (Lipinski definition) is 1. The molecule has 2 aromatic rings. The molecule has 1 aromatic carbocycles. The third-order valence-electron chi connectivity index (χ3n) is 2.65. The highest BCUT2D eigenvalue weighted by molar-refractivity contribution is 5.86. The Balaban J connectivity index is 2.26. The molecule has 0 spiro atoms. The molecule has 0 aliphatic carbocycles. The van der Waals surface area contributed by atoms with E-state index in [0.29, 0.717) is 18.8 Å². The van der Waals surface area contributed by atoms with Gasteiger partial charge in [-0.15, -0.1) is 5.10 Å². The average molecular weight is 261 g/mol. The predicted octanol–water partition coefficient (Wildman–Crippen LogP) is 1.73. The van der Waals surface area contributed by atoms with E-state index in [0.717, 1.165) is 11.3 Å². The van der Waals surface area contributed by atoms with Crippen LogP contribution >= 0.6 is 0 Å². The van der Waals surface area contributed by atoms with E-state index in [9.17, 15) is 4.79 Å². The highest BCUT2D eigenvalue weighted by Crippen LogP contribution is 2.15. The average Bonchev–Trinajstić information content (AvgIpc) is 2.71. The molecule has 2 rings (SSSR count). The van der Waals surface area contributed by atoms with Gasteiger partial charge < -0.3 is 9.84 Å². The maximum Gasteiger partial charge on any atom is 0.356 e. The molecule has 1 heterocycles. The highest BCUT2D eigenvalue weighted by atomic mass is 16.5. The molecule has 0 unspecified atom stereocenters. The molecule has 100 valence electrons. The summed E-state index contributed by atoms with van der Waals surface area (Å²) in [6.45, 7) is 4.48. The summed E-state index contributed by atoms with van der Waals surface area (Å²) in [5.74, 6) is -0.267. The first-order valence-electron chi connectivity index (χ1n) is 5.97. The van der Waals surface area contributed by atoms with Crippen LogP contribution in [-0.2, 0) is 6.54 Å². The van der Waals surface area contributed by atoms with Crippen molar-refractivity contribution in [3.05, 3.63) is 41.2 Å². The van der Waals surface area contributed by atoms with Crippen LogP contribution in [0.3, 0.4) is 0 Å². The molecule has 0 aliphatic heterocycles. The number of carboxylic acid groups (broad SMARTS) is 1. The Morgan fingerprint density at radius 3 is 2.95 bits per heavy atom. The summed E-state index contributed by atoms with van der Waals surface area (Å²) in [6.07, 6.45) is 0.